The van der Waals surface area contributed by atoms with Crippen molar-refractivity contribution in [2.75, 3.05) is 7.11 Å². The van der Waals surface area contributed by atoms with E-state index in [0.717, 1.165) is 16.7 Å². The molecule has 0 saturated heterocycles. The summed E-state index contributed by atoms with van der Waals surface area (Å²) in [5.41, 5.74) is 2.51. The Morgan fingerprint density at radius 2 is 1.92 bits per heavy atom. The number of hydrogen-bond acceptors (Lipinski definition) is 4. The normalized spacial score (nSPS) is 10.5. The molecule has 2 aromatic carbocycles. The number of nitro benzene ring substituents is 1. The molecule has 3 rings (SSSR count). The molecule has 0 unspecified atom stereocenters. The molecular formula is C20H18N2O4. The third kappa shape index (κ3) is 3.80. The zero-order valence-corrected chi connectivity index (χ0v) is 14.3. The Kier molecular flexibility index (Phi) is 5.12. The van der Waals surface area contributed by atoms with E-state index in [-0.39, 0.29) is 11.2 Å². The molecule has 132 valence electrons. The molecule has 1 aromatic heterocycles. The highest BCUT2D eigenvalue weighted by Crippen LogP contribution is 2.33. The van der Waals surface area contributed by atoms with Crippen LogP contribution in [0, 0.1) is 10.1 Å². The van der Waals surface area contributed by atoms with Crippen molar-refractivity contribution < 1.29 is 9.66 Å². The third-order valence-electron chi connectivity index (χ3n) is 4.17. The van der Waals surface area contributed by atoms with E-state index in [9.17, 15) is 14.9 Å². The second-order valence-electron chi connectivity index (χ2n) is 5.82. The highest BCUT2D eigenvalue weighted by molar-refractivity contribution is 5.73. The van der Waals surface area contributed by atoms with Gasteiger partial charge in [0.2, 0.25) is 0 Å². The molecule has 0 bridgehead atoms. The maximum atomic E-state index is 11.8. The summed E-state index contributed by atoms with van der Waals surface area (Å²) in [6.07, 6.45) is 2.42. The van der Waals surface area contributed by atoms with Crippen LogP contribution in [0.5, 0.6) is 5.75 Å². The van der Waals surface area contributed by atoms with Gasteiger partial charge in [0.15, 0.2) is 0 Å². The molecule has 3 aromatic rings. The number of aromatic nitrogens is 1. The van der Waals surface area contributed by atoms with Crippen LogP contribution >= 0.6 is 0 Å². The molecule has 0 aliphatic rings. The SMILES string of the molecule is COc1ccc(CCn2ccccc2=O)cc1-c1cccc([N+](=O)[O-])c1. The first-order valence-electron chi connectivity index (χ1n) is 8.15. The second kappa shape index (κ2) is 7.65. The van der Waals surface area contributed by atoms with Gasteiger partial charge in [-0.2, -0.15) is 0 Å². The molecule has 0 aliphatic heterocycles. The lowest BCUT2D eigenvalue weighted by molar-refractivity contribution is -0.384. The second-order valence-corrected chi connectivity index (χ2v) is 5.82. The summed E-state index contributed by atoms with van der Waals surface area (Å²) in [5, 5.41) is 11.0. The minimum absolute atomic E-state index is 0.0331. The van der Waals surface area contributed by atoms with Crippen molar-refractivity contribution in [3.05, 3.63) is 92.9 Å². The first-order valence-corrected chi connectivity index (χ1v) is 8.15. The lowest BCUT2D eigenvalue weighted by atomic mass is 10.00. The molecule has 0 aliphatic carbocycles. The maximum absolute atomic E-state index is 11.8. The average molecular weight is 350 g/mol. The largest absolute Gasteiger partial charge is 0.496 e. The van der Waals surface area contributed by atoms with Gasteiger partial charge >= 0.3 is 0 Å². The third-order valence-corrected chi connectivity index (χ3v) is 4.17. The van der Waals surface area contributed by atoms with Crippen molar-refractivity contribution in [2.24, 2.45) is 0 Å². The number of non-ortho nitro benzene ring substituents is 1. The van der Waals surface area contributed by atoms with Gasteiger partial charge in [0, 0.05) is 36.5 Å². The number of benzene rings is 2. The molecule has 0 amide bonds. The topological polar surface area (TPSA) is 74.4 Å². The highest BCUT2D eigenvalue weighted by Gasteiger charge is 2.12. The van der Waals surface area contributed by atoms with Gasteiger partial charge in [0.05, 0.1) is 12.0 Å². The van der Waals surface area contributed by atoms with Crippen LogP contribution in [0.25, 0.3) is 11.1 Å². The van der Waals surface area contributed by atoms with Crippen LogP contribution in [0.1, 0.15) is 5.56 Å². The van der Waals surface area contributed by atoms with E-state index in [0.29, 0.717) is 18.7 Å². The first-order chi connectivity index (χ1) is 12.6. The maximum Gasteiger partial charge on any atom is 0.270 e. The molecule has 26 heavy (non-hydrogen) atoms. The Morgan fingerprint density at radius 3 is 2.65 bits per heavy atom. The quantitative estimate of drug-likeness (QED) is 0.502. The van der Waals surface area contributed by atoms with Crippen molar-refractivity contribution in [1.29, 1.82) is 0 Å². The zero-order valence-electron chi connectivity index (χ0n) is 14.3. The predicted molar refractivity (Wildman–Crippen MR) is 99.5 cm³/mol. The zero-order chi connectivity index (χ0) is 18.5. The van der Waals surface area contributed by atoms with Crippen LogP contribution in [-0.4, -0.2) is 16.6 Å². The molecule has 1 heterocycles. The molecule has 6 nitrogen and oxygen atoms in total. The van der Waals surface area contributed by atoms with Gasteiger partial charge < -0.3 is 9.30 Å². The van der Waals surface area contributed by atoms with Crippen molar-refractivity contribution in [2.45, 2.75) is 13.0 Å². The number of nitro groups is 1. The van der Waals surface area contributed by atoms with Crippen molar-refractivity contribution in [3.63, 3.8) is 0 Å². The van der Waals surface area contributed by atoms with Gasteiger partial charge in [-0.15, -0.1) is 0 Å². The molecule has 0 N–H and O–H groups in total. The molecule has 0 radical (unpaired) electrons. The molecule has 0 fully saturated rings. The van der Waals surface area contributed by atoms with Gasteiger partial charge in [-0.25, -0.2) is 0 Å². The van der Waals surface area contributed by atoms with Crippen LogP contribution in [0.3, 0.4) is 0 Å². The van der Waals surface area contributed by atoms with Crippen LogP contribution in [0.4, 0.5) is 5.69 Å². The first kappa shape index (κ1) is 17.4. The van der Waals surface area contributed by atoms with E-state index in [1.807, 2.05) is 30.3 Å². The lowest BCUT2D eigenvalue weighted by Gasteiger charge is -2.12. The van der Waals surface area contributed by atoms with E-state index in [1.54, 1.807) is 30.0 Å². The minimum Gasteiger partial charge on any atom is -0.496 e. The van der Waals surface area contributed by atoms with E-state index < -0.39 is 4.92 Å². The monoisotopic (exact) mass is 350 g/mol. The van der Waals surface area contributed by atoms with E-state index >= 15 is 0 Å². The van der Waals surface area contributed by atoms with Gasteiger partial charge in [0.25, 0.3) is 11.2 Å². The summed E-state index contributed by atoms with van der Waals surface area (Å²) in [6, 6.07) is 17.3. The number of methoxy groups -OCH3 is 1. The van der Waals surface area contributed by atoms with Crippen molar-refractivity contribution >= 4 is 5.69 Å². The average Bonchev–Trinajstić information content (AvgIpc) is 2.67. The highest BCUT2D eigenvalue weighted by atomic mass is 16.6. The van der Waals surface area contributed by atoms with Gasteiger partial charge in [-0.1, -0.05) is 24.3 Å². The summed E-state index contributed by atoms with van der Waals surface area (Å²) in [5.74, 6) is 0.645. The number of aryl methyl sites for hydroxylation is 2. The fraction of sp³-hybridized carbons (Fsp3) is 0.150. The Bertz CT molecular complexity index is 995. The number of rotatable bonds is 6. The standard InChI is InChI=1S/C20H18N2O4/c1-26-19-9-8-15(10-12-21-11-3-2-7-20(21)23)13-18(19)16-5-4-6-17(14-16)22(24)25/h2-9,11,13-14H,10,12H2,1H3. The lowest BCUT2D eigenvalue weighted by Crippen LogP contribution is -2.18. The Morgan fingerprint density at radius 1 is 1.08 bits per heavy atom. The molecule has 0 atom stereocenters. The molecule has 6 heteroatoms. The number of hydrogen-bond donors (Lipinski definition) is 0. The van der Waals surface area contributed by atoms with E-state index in [2.05, 4.69) is 0 Å². The van der Waals surface area contributed by atoms with E-state index in [1.165, 1.54) is 18.2 Å². The van der Waals surface area contributed by atoms with Gasteiger partial charge in [-0.3, -0.25) is 14.9 Å². The minimum atomic E-state index is -0.415. The summed E-state index contributed by atoms with van der Waals surface area (Å²) < 4.78 is 7.06. The summed E-state index contributed by atoms with van der Waals surface area (Å²) >= 11 is 0. The Balaban J connectivity index is 1.92. The van der Waals surface area contributed by atoms with Crippen LogP contribution in [0.2, 0.25) is 0 Å². The van der Waals surface area contributed by atoms with Gasteiger partial charge in [-0.05, 0) is 35.7 Å². The van der Waals surface area contributed by atoms with Crippen LogP contribution < -0.4 is 10.3 Å². The number of ether oxygens (including phenoxy) is 1. The predicted octanol–water partition coefficient (Wildman–Crippen LogP) is 3.67. The smallest absolute Gasteiger partial charge is 0.270 e. The number of nitrogens with zero attached hydrogens (tertiary/aromatic N) is 2. The molecule has 0 saturated carbocycles. The molecule has 0 spiro atoms. The Hall–Kier alpha value is -3.41. The van der Waals surface area contributed by atoms with Crippen LogP contribution in [0.15, 0.2) is 71.7 Å². The summed E-state index contributed by atoms with van der Waals surface area (Å²) in [6.45, 7) is 0.556. The fourth-order valence-corrected chi connectivity index (χ4v) is 2.82. The summed E-state index contributed by atoms with van der Waals surface area (Å²) in [4.78, 5) is 22.4. The van der Waals surface area contributed by atoms with Crippen LogP contribution in [-0.2, 0) is 13.0 Å². The molecular weight excluding hydrogens is 332 g/mol. The fourth-order valence-electron chi connectivity index (χ4n) is 2.82. The Labute approximate surface area is 150 Å². The van der Waals surface area contributed by atoms with Crippen molar-refractivity contribution in [1.82, 2.24) is 4.57 Å². The van der Waals surface area contributed by atoms with Gasteiger partial charge in [0.1, 0.15) is 5.75 Å². The van der Waals surface area contributed by atoms with Crippen molar-refractivity contribution in [3.8, 4) is 16.9 Å². The van der Waals surface area contributed by atoms with E-state index in [4.69, 9.17) is 4.74 Å². The summed E-state index contributed by atoms with van der Waals surface area (Å²) in [7, 11) is 1.57. The number of pyridine rings is 1.